The molecular weight excluding hydrogens is 463 g/mol. The van der Waals surface area contributed by atoms with Gasteiger partial charge in [0.1, 0.15) is 23.4 Å². The number of anilines is 1. The molecule has 0 aliphatic rings. The van der Waals surface area contributed by atoms with Crippen molar-refractivity contribution in [3.8, 4) is 11.5 Å². The summed E-state index contributed by atoms with van der Waals surface area (Å²) in [5, 5.41) is 3.69. The number of aliphatic imine (C=N–C) groups is 1. The largest absolute Gasteiger partial charge is 0.493 e. The summed E-state index contributed by atoms with van der Waals surface area (Å²) in [6.45, 7) is 9.43. The molecule has 3 rings (SSSR count). The molecule has 1 aromatic carbocycles. The van der Waals surface area contributed by atoms with Gasteiger partial charge in [0.05, 0.1) is 37.2 Å². The van der Waals surface area contributed by atoms with E-state index in [0.717, 1.165) is 6.07 Å². The Morgan fingerprint density at radius 2 is 1.80 bits per heavy atom. The van der Waals surface area contributed by atoms with Crippen molar-refractivity contribution < 1.29 is 27.4 Å². The number of benzene rings is 1. The highest BCUT2D eigenvalue weighted by molar-refractivity contribution is 5.91. The molecule has 0 aliphatic heterocycles. The fourth-order valence-corrected chi connectivity index (χ4v) is 3.40. The van der Waals surface area contributed by atoms with Crippen LogP contribution in [0.5, 0.6) is 11.5 Å². The summed E-state index contributed by atoms with van der Waals surface area (Å²) < 4.78 is 56.7. The van der Waals surface area contributed by atoms with Gasteiger partial charge in [0.2, 0.25) is 0 Å². The van der Waals surface area contributed by atoms with Gasteiger partial charge in [0.15, 0.2) is 11.5 Å². The van der Waals surface area contributed by atoms with Crippen LogP contribution in [-0.4, -0.2) is 48.6 Å². The molecule has 0 saturated heterocycles. The fourth-order valence-electron chi connectivity index (χ4n) is 3.40. The van der Waals surface area contributed by atoms with Gasteiger partial charge in [-0.25, -0.2) is 15.0 Å². The third-order valence-electron chi connectivity index (χ3n) is 5.22. The van der Waals surface area contributed by atoms with Crippen LogP contribution in [0.15, 0.2) is 29.3 Å². The van der Waals surface area contributed by atoms with Crippen LogP contribution in [0.25, 0.3) is 10.9 Å². The molecule has 35 heavy (non-hydrogen) atoms. The van der Waals surface area contributed by atoms with E-state index < -0.39 is 11.9 Å². The number of hydrogen-bond acceptors (Lipinski definition) is 8. The number of nitrogens with one attached hydrogen (secondary N) is 1. The number of ether oxygens (including phenoxy) is 3. The van der Waals surface area contributed by atoms with Gasteiger partial charge in [-0.3, -0.25) is 4.99 Å². The first-order valence-corrected chi connectivity index (χ1v) is 10.9. The molecule has 11 heteroatoms. The Hall–Kier alpha value is -3.47. The summed E-state index contributed by atoms with van der Waals surface area (Å²) in [6.07, 6.45) is -4.83. The maximum absolute atomic E-state index is 13.2. The smallest absolute Gasteiger partial charge is 0.433 e. The zero-order valence-corrected chi connectivity index (χ0v) is 20.2. The van der Waals surface area contributed by atoms with E-state index in [9.17, 15) is 13.2 Å². The lowest BCUT2D eigenvalue weighted by Crippen LogP contribution is -2.28. The van der Waals surface area contributed by atoms with Crippen LogP contribution in [0.3, 0.4) is 0 Å². The van der Waals surface area contributed by atoms with E-state index in [1.807, 2.05) is 13.8 Å². The number of aryl methyl sites for hydroxylation is 1. The van der Waals surface area contributed by atoms with Crippen LogP contribution in [0.2, 0.25) is 0 Å². The molecule has 0 spiro atoms. The molecule has 1 atom stereocenters. The molecule has 0 amide bonds. The van der Waals surface area contributed by atoms with E-state index in [-0.39, 0.29) is 29.9 Å². The molecule has 1 unspecified atom stereocenters. The van der Waals surface area contributed by atoms with E-state index >= 15 is 0 Å². The first-order valence-electron chi connectivity index (χ1n) is 10.9. The minimum Gasteiger partial charge on any atom is -0.493 e. The Kier molecular flexibility index (Phi) is 8.11. The maximum atomic E-state index is 13.2. The van der Waals surface area contributed by atoms with Gasteiger partial charge in [-0.05, 0) is 37.8 Å². The molecule has 0 aliphatic carbocycles. The summed E-state index contributed by atoms with van der Waals surface area (Å²) in [5.74, 6) is 2.02. The van der Waals surface area contributed by atoms with Crippen molar-refractivity contribution >= 4 is 29.1 Å². The number of halogens is 3. The highest BCUT2D eigenvalue weighted by Crippen LogP contribution is 2.36. The molecular formula is C24H28F3N5O3. The van der Waals surface area contributed by atoms with Gasteiger partial charge >= 0.3 is 6.18 Å². The van der Waals surface area contributed by atoms with Crippen molar-refractivity contribution in [1.29, 1.82) is 0 Å². The minimum absolute atomic E-state index is 0.0293. The van der Waals surface area contributed by atoms with Crippen LogP contribution in [-0.2, 0) is 17.5 Å². The van der Waals surface area contributed by atoms with E-state index in [4.69, 9.17) is 14.2 Å². The number of nitrogens with zero attached hydrogens (tertiary/aromatic N) is 4. The SMILES string of the molecule is C=Nc1cc(CNc2nc(C)nc3cc(OC)c(OC(COC)C(C)C)cc23)nc(C(F)(F)F)c1. The quantitative estimate of drug-likeness (QED) is 0.382. The Balaban J connectivity index is 2.00. The molecule has 0 fully saturated rings. The normalized spacial score (nSPS) is 12.6. The van der Waals surface area contributed by atoms with E-state index in [1.165, 1.54) is 13.2 Å². The van der Waals surface area contributed by atoms with Crippen LogP contribution in [0.1, 0.15) is 31.1 Å². The summed E-state index contributed by atoms with van der Waals surface area (Å²) in [6, 6.07) is 5.76. The van der Waals surface area contributed by atoms with Crippen LogP contribution in [0, 0.1) is 12.8 Å². The van der Waals surface area contributed by atoms with Gasteiger partial charge < -0.3 is 19.5 Å². The monoisotopic (exact) mass is 491 g/mol. The number of fused-ring (bicyclic) bond motifs is 1. The molecule has 2 aromatic heterocycles. The maximum Gasteiger partial charge on any atom is 0.433 e. The zero-order chi connectivity index (χ0) is 25.8. The number of pyridine rings is 1. The molecule has 2 heterocycles. The van der Waals surface area contributed by atoms with Crippen molar-refractivity contribution in [2.75, 3.05) is 26.1 Å². The van der Waals surface area contributed by atoms with E-state index in [0.29, 0.717) is 40.7 Å². The highest BCUT2D eigenvalue weighted by Gasteiger charge is 2.33. The second-order valence-corrected chi connectivity index (χ2v) is 8.21. The van der Waals surface area contributed by atoms with Crippen LogP contribution >= 0.6 is 0 Å². The van der Waals surface area contributed by atoms with Crippen molar-refractivity contribution in [2.45, 2.75) is 39.6 Å². The number of aromatic nitrogens is 3. The zero-order valence-electron chi connectivity index (χ0n) is 20.2. The number of rotatable bonds is 10. The summed E-state index contributed by atoms with van der Waals surface area (Å²) in [5.41, 5.74) is -0.244. The van der Waals surface area contributed by atoms with Crippen LogP contribution in [0.4, 0.5) is 24.7 Å². The Labute approximate surface area is 201 Å². The van der Waals surface area contributed by atoms with Crippen molar-refractivity contribution in [3.63, 3.8) is 0 Å². The fraction of sp³-hybridized carbons (Fsp3) is 0.417. The molecule has 1 N–H and O–H groups in total. The first-order chi connectivity index (χ1) is 16.5. The average molecular weight is 492 g/mol. The highest BCUT2D eigenvalue weighted by atomic mass is 19.4. The van der Waals surface area contributed by atoms with Gasteiger partial charge in [0, 0.05) is 18.6 Å². The predicted octanol–water partition coefficient (Wildman–Crippen LogP) is 5.35. The van der Waals surface area contributed by atoms with Gasteiger partial charge in [0.25, 0.3) is 0 Å². The van der Waals surface area contributed by atoms with E-state index in [2.05, 4.69) is 32.0 Å². The van der Waals surface area contributed by atoms with Crippen molar-refractivity contribution in [3.05, 3.63) is 41.5 Å². The second kappa shape index (κ2) is 10.9. The van der Waals surface area contributed by atoms with Gasteiger partial charge in [-0.1, -0.05) is 13.8 Å². The van der Waals surface area contributed by atoms with Gasteiger partial charge in [-0.15, -0.1) is 0 Å². The Morgan fingerprint density at radius 1 is 1.06 bits per heavy atom. The standard InChI is InChI=1S/C24H28F3N5O3/c1-13(2)21(12-33-5)35-20-9-17-18(10-19(20)34-6)30-14(3)31-23(17)29-11-16-7-15(28-4)8-22(32-16)24(25,26)27/h7-10,13,21H,4,11-12H2,1-3,5-6H3,(H,29,30,31). The summed E-state index contributed by atoms with van der Waals surface area (Å²) in [4.78, 5) is 16.3. The molecule has 0 radical (unpaired) electrons. The summed E-state index contributed by atoms with van der Waals surface area (Å²) in [7, 11) is 3.14. The lowest BCUT2D eigenvalue weighted by atomic mass is 10.1. The third kappa shape index (κ3) is 6.36. The lowest BCUT2D eigenvalue weighted by Gasteiger charge is -2.23. The minimum atomic E-state index is -4.61. The number of hydrogen-bond donors (Lipinski definition) is 1. The molecule has 188 valence electrons. The van der Waals surface area contributed by atoms with Crippen molar-refractivity contribution in [2.24, 2.45) is 10.9 Å². The molecule has 0 saturated carbocycles. The Bertz CT molecular complexity index is 1200. The first kappa shape index (κ1) is 26.1. The predicted molar refractivity (Wildman–Crippen MR) is 128 cm³/mol. The van der Waals surface area contributed by atoms with Gasteiger partial charge in [-0.2, -0.15) is 13.2 Å². The second-order valence-electron chi connectivity index (χ2n) is 8.21. The molecule has 3 aromatic rings. The molecule has 0 bridgehead atoms. The van der Waals surface area contributed by atoms with Crippen molar-refractivity contribution in [1.82, 2.24) is 15.0 Å². The topological polar surface area (TPSA) is 90.8 Å². The van der Waals surface area contributed by atoms with Crippen LogP contribution < -0.4 is 14.8 Å². The third-order valence-corrected chi connectivity index (χ3v) is 5.22. The summed E-state index contributed by atoms with van der Waals surface area (Å²) >= 11 is 0. The average Bonchev–Trinajstić information content (AvgIpc) is 2.81. The number of alkyl halides is 3. The lowest BCUT2D eigenvalue weighted by molar-refractivity contribution is -0.141. The Morgan fingerprint density at radius 3 is 2.40 bits per heavy atom. The molecule has 8 nitrogen and oxygen atoms in total. The number of methoxy groups -OCH3 is 2. The van der Waals surface area contributed by atoms with E-state index in [1.54, 1.807) is 26.2 Å².